The number of anilines is 2. The molecule has 11 rings (SSSR count). The molecule has 0 spiro atoms. The van der Waals surface area contributed by atoms with Crippen LogP contribution in [0.1, 0.15) is 148 Å². The van der Waals surface area contributed by atoms with Crippen molar-refractivity contribution in [3.8, 4) is 0 Å². The van der Waals surface area contributed by atoms with E-state index in [9.17, 15) is 14.9 Å². The number of nitro groups is 1. The molecule has 0 amide bonds. The summed E-state index contributed by atoms with van der Waals surface area (Å²) in [5.74, 6) is 0. The number of nitrogens with two attached hydrogens (primary N) is 1. The summed E-state index contributed by atoms with van der Waals surface area (Å²) in [7, 11) is 0. The van der Waals surface area contributed by atoms with E-state index >= 15 is 4.79 Å². The van der Waals surface area contributed by atoms with Crippen LogP contribution in [0.2, 0.25) is 0 Å². The molecule has 0 aliphatic rings. The largest absolute Gasteiger partial charge is 0.397 e. The van der Waals surface area contributed by atoms with E-state index in [0.29, 0.717) is 44.3 Å². The van der Waals surface area contributed by atoms with Crippen LogP contribution in [-0.2, 0) is 0 Å². The molecule has 4 aromatic heterocycles. The van der Waals surface area contributed by atoms with Crippen LogP contribution in [-0.4, -0.2) is 36.8 Å². The van der Waals surface area contributed by atoms with Crippen LogP contribution in [0.4, 0.5) is 17.1 Å². The third-order valence-electron chi connectivity index (χ3n) is 16.0. The minimum Gasteiger partial charge on any atom is -0.397 e. The molecule has 0 aliphatic carbocycles. The van der Waals surface area contributed by atoms with Crippen molar-refractivity contribution in [2.45, 2.75) is 149 Å². The van der Waals surface area contributed by atoms with E-state index in [0.717, 1.165) is 104 Å². The van der Waals surface area contributed by atoms with Crippen molar-refractivity contribution in [3.05, 3.63) is 109 Å². The van der Waals surface area contributed by atoms with Crippen LogP contribution in [0.15, 0.2) is 82.4 Å². The van der Waals surface area contributed by atoms with Crippen molar-refractivity contribution in [2.75, 3.05) is 23.7 Å². The normalized spacial score (nSPS) is 12.5. The first-order valence-electron chi connectivity index (χ1n) is 27.2. The van der Waals surface area contributed by atoms with Crippen LogP contribution < -0.4 is 21.8 Å². The lowest BCUT2D eigenvalue weighted by Gasteiger charge is -2.25. The number of benzene rings is 7. The smallest absolute Gasteiger partial charge is 0.299 e. The van der Waals surface area contributed by atoms with Crippen LogP contribution in [0.5, 0.6) is 0 Å². The van der Waals surface area contributed by atoms with E-state index in [1.54, 1.807) is 14.9 Å². The number of nitro benzene ring substituents is 1. The Hall–Kier alpha value is -6.88. The minimum absolute atomic E-state index is 0.0818. The maximum atomic E-state index is 15.1. The summed E-state index contributed by atoms with van der Waals surface area (Å²) < 4.78 is 3.32. The van der Waals surface area contributed by atoms with Gasteiger partial charge >= 0.3 is 0 Å². The average Bonchev–Trinajstić information content (AvgIpc) is 3.97. The summed E-state index contributed by atoms with van der Waals surface area (Å²) in [4.78, 5) is 54.7. The summed E-state index contributed by atoms with van der Waals surface area (Å²) in [6, 6.07) is 23.7. The number of non-ortho nitro benzene ring substituents is 1. The third kappa shape index (κ3) is 8.13. The van der Waals surface area contributed by atoms with Crippen molar-refractivity contribution in [1.29, 1.82) is 0 Å². The highest BCUT2D eigenvalue weighted by molar-refractivity contribution is 6.40. The van der Waals surface area contributed by atoms with Gasteiger partial charge in [0.25, 0.3) is 16.8 Å². The number of unbranched alkanes of at least 4 members (excludes halogenated alkanes) is 18. The number of rotatable bonds is 24. The molecule has 2 N–H and O–H groups in total. The lowest BCUT2D eigenvalue weighted by molar-refractivity contribution is -0.383. The molecule has 11 aromatic rings. The third-order valence-corrected chi connectivity index (χ3v) is 16.0. The molecular formula is C61H67N7O4. The van der Waals surface area contributed by atoms with Gasteiger partial charge in [0, 0.05) is 57.2 Å². The SMILES string of the molecule is CCCCCCCCCCCCN(CCCCCCCCCCCC)c1cc([N+](=O)[O-])c2nc3c4ccc5c6ccc7c(=O)n8c9cc(C)cc(N)c9nc8c8ccc(c9ccc(c(=O)n3c2c1)c4c95)c6c78. The lowest BCUT2D eigenvalue weighted by atomic mass is 9.86. The zero-order valence-electron chi connectivity index (χ0n) is 42.4. The molecule has 0 atom stereocenters. The van der Waals surface area contributed by atoms with Gasteiger partial charge in [-0.2, -0.15) is 0 Å². The fourth-order valence-corrected chi connectivity index (χ4v) is 12.4. The van der Waals surface area contributed by atoms with Crippen molar-refractivity contribution >= 4 is 115 Å². The molecule has 0 unspecified atom stereocenters. The molecule has 0 saturated carbocycles. The van der Waals surface area contributed by atoms with Crippen LogP contribution in [0.25, 0.3) is 98.0 Å². The Morgan fingerprint density at radius 2 is 0.875 bits per heavy atom. The Balaban J connectivity index is 0.984. The number of aryl methyl sites for hydroxylation is 1. The summed E-state index contributed by atoms with van der Waals surface area (Å²) in [5, 5.41) is 23.2. The van der Waals surface area contributed by atoms with Crippen molar-refractivity contribution in [2.24, 2.45) is 0 Å². The first-order chi connectivity index (χ1) is 35.2. The molecule has 4 heterocycles. The molecule has 72 heavy (non-hydrogen) atoms. The lowest BCUT2D eigenvalue weighted by Crippen LogP contribution is -2.26. The van der Waals surface area contributed by atoms with Crippen molar-refractivity contribution < 1.29 is 4.92 Å². The number of nitrogen functional groups attached to an aromatic ring is 1. The number of aromatic nitrogens is 4. The van der Waals surface area contributed by atoms with Crippen LogP contribution in [0.3, 0.4) is 0 Å². The number of pyridine rings is 2. The van der Waals surface area contributed by atoms with E-state index in [4.69, 9.17) is 15.7 Å². The first kappa shape index (κ1) is 47.4. The van der Waals surface area contributed by atoms with E-state index in [2.05, 4.69) is 36.9 Å². The van der Waals surface area contributed by atoms with E-state index < -0.39 is 0 Å². The second kappa shape index (κ2) is 20.0. The fraction of sp³-hybridized carbons (Fsp3) is 0.410. The van der Waals surface area contributed by atoms with Gasteiger partial charge in [-0.15, -0.1) is 0 Å². The van der Waals surface area contributed by atoms with Gasteiger partial charge in [-0.1, -0.05) is 154 Å². The molecule has 11 heteroatoms. The Kier molecular flexibility index (Phi) is 13.2. The molecule has 0 bridgehead atoms. The van der Waals surface area contributed by atoms with Gasteiger partial charge in [0.15, 0.2) is 5.52 Å². The highest BCUT2D eigenvalue weighted by atomic mass is 16.6. The topological polar surface area (TPSA) is 141 Å². The summed E-state index contributed by atoms with van der Waals surface area (Å²) >= 11 is 0. The fourth-order valence-electron chi connectivity index (χ4n) is 12.4. The number of hydrogen-bond acceptors (Lipinski definition) is 8. The number of hydrogen-bond donors (Lipinski definition) is 1. The van der Waals surface area contributed by atoms with Gasteiger partial charge in [-0.3, -0.25) is 28.5 Å². The summed E-state index contributed by atoms with van der Waals surface area (Å²) in [6.07, 6.45) is 24.8. The Morgan fingerprint density at radius 1 is 0.500 bits per heavy atom. The quantitative estimate of drug-likeness (QED) is 0.0158. The maximum Gasteiger partial charge on any atom is 0.299 e. The maximum absolute atomic E-state index is 15.1. The van der Waals surface area contributed by atoms with Gasteiger partial charge < -0.3 is 10.6 Å². The molecular weight excluding hydrogens is 895 g/mol. The number of fused-ring (bicyclic) bond motifs is 10. The zero-order chi connectivity index (χ0) is 49.6. The number of nitrogens with zero attached hydrogens (tertiary/aromatic N) is 6. The monoisotopic (exact) mass is 962 g/mol. The minimum atomic E-state index is -0.332. The average molecular weight is 962 g/mol. The van der Waals surface area contributed by atoms with Gasteiger partial charge in [-0.25, -0.2) is 9.97 Å². The standard InChI is InChI=1S/C61H67N7O4/c1-4-6-8-10-12-14-16-18-20-22-32-65(33-23-21-19-17-15-13-11-9-7-5-2)39-36-50-57(51(37-39)68(71)72)64-59-45-29-25-41-42-26-30-46-54-44(58-63-56-48(62)34-38(3)35-49(56)66(58)60(46)69)28-24-40(52(42)54)43-27-31-47(55(45)53(41)43)61(70)67(50)59/h24-31,34-37H,4-23,32-33,62H2,1-3H3. The Labute approximate surface area is 419 Å². The van der Waals surface area contributed by atoms with Crippen LogP contribution >= 0.6 is 0 Å². The summed E-state index contributed by atoms with van der Waals surface area (Å²) in [5.41, 5.74) is 11.2. The highest BCUT2D eigenvalue weighted by Gasteiger charge is 2.27. The predicted molar refractivity (Wildman–Crippen MR) is 302 cm³/mol. The molecule has 0 aliphatic heterocycles. The first-order valence-corrected chi connectivity index (χ1v) is 27.2. The van der Waals surface area contributed by atoms with Gasteiger partial charge in [-0.05, 0) is 100 Å². The van der Waals surface area contributed by atoms with Gasteiger partial charge in [0.2, 0.25) is 0 Å². The highest BCUT2D eigenvalue weighted by Crippen LogP contribution is 2.46. The molecule has 0 saturated heterocycles. The Bertz CT molecular complexity index is 3890. The molecule has 370 valence electrons. The van der Waals surface area contributed by atoms with E-state index in [1.807, 2.05) is 55.5 Å². The molecule has 0 fully saturated rings. The Morgan fingerprint density at radius 3 is 1.32 bits per heavy atom. The van der Waals surface area contributed by atoms with E-state index in [1.165, 1.54) is 103 Å². The van der Waals surface area contributed by atoms with Crippen molar-refractivity contribution in [1.82, 2.24) is 18.8 Å². The summed E-state index contributed by atoms with van der Waals surface area (Å²) in [6.45, 7) is 8.09. The van der Waals surface area contributed by atoms with Gasteiger partial charge in [0.1, 0.15) is 16.8 Å². The van der Waals surface area contributed by atoms with E-state index in [-0.39, 0.29) is 27.2 Å². The van der Waals surface area contributed by atoms with Crippen LogP contribution in [0, 0.1) is 17.0 Å². The second-order valence-corrected chi connectivity index (χ2v) is 21.0. The second-order valence-electron chi connectivity index (χ2n) is 21.0. The predicted octanol–water partition coefficient (Wildman–Crippen LogP) is 15.7. The van der Waals surface area contributed by atoms with Crippen molar-refractivity contribution in [3.63, 3.8) is 0 Å². The van der Waals surface area contributed by atoms with Gasteiger partial charge in [0.05, 0.1) is 21.6 Å². The number of imidazole rings is 2. The molecule has 7 aromatic carbocycles. The molecule has 11 nitrogen and oxygen atoms in total. The molecule has 0 radical (unpaired) electrons. The zero-order valence-corrected chi connectivity index (χ0v) is 42.4.